The van der Waals surface area contributed by atoms with E-state index in [2.05, 4.69) is 10.3 Å². The minimum atomic E-state index is -0.112. The number of amides is 1. The number of hydrogen-bond acceptors (Lipinski definition) is 5. The summed E-state index contributed by atoms with van der Waals surface area (Å²) in [5, 5.41) is 2.74. The average molecular weight is 289 g/mol. The van der Waals surface area contributed by atoms with Crippen molar-refractivity contribution in [2.75, 3.05) is 12.3 Å². The molecule has 0 aliphatic carbocycles. The van der Waals surface area contributed by atoms with Crippen LogP contribution in [-0.4, -0.2) is 17.5 Å². The molecule has 1 aromatic heterocycles. The molecule has 0 spiro atoms. The van der Waals surface area contributed by atoms with E-state index in [-0.39, 0.29) is 18.9 Å². The Kier molecular flexibility index (Phi) is 4.81. The molecule has 0 saturated carbocycles. The summed E-state index contributed by atoms with van der Waals surface area (Å²) in [4.78, 5) is 15.9. The number of aryl methyl sites for hydroxylation is 2. The van der Waals surface area contributed by atoms with Crippen molar-refractivity contribution in [3.63, 3.8) is 0 Å². The van der Waals surface area contributed by atoms with Crippen molar-refractivity contribution >= 4 is 11.6 Å². The van der Waals surface area contributed by atoms with Gasteiger partial charge in [0.05, 0.1) is 25.3 Å². The number of ether oxygens (including phenoxy) is 1. The zero-order valence-electron chi connectivity index (χ0n) is 12.2. The zero-order chi connectivity index (χ0) is 15.2. The third-order valence-corrected chi connectivity index (χ3v) is 2.99. The molecule has 6 nitrogen and oxygen atoms in total. The van der Waals surface area contributed by atoms with Gasteiger partial charge in [-0.25, -0.2) is 4.98 Å². The van der Waals surface area contributed by atoms with Gasteiger partial charge >= 0.3 is 0 Å². The van der Waals surface area contributed by atoms with Gasteiger partial charge in [0, 0.05) is 5.69 Å². The molecule has 0 atom stereocenters. The predicted molar refractivity (Wildman–Crippen MR) is 78.8 cm³/mol. The van der Waals surface area contributed by atoms with Crippen molar-refractivity contribution in [1.82, 2.24) is 10.3 Å². The maximum absolute atomic E-state index is 11.7. The van der Waals surface area contributed by atoms with Crippen LogP contribution in [0.3, 0.4) is 0 Å². The number of nitrogens with one attached hydrogen (secondary N) is 1. The molecular formula is C15H19N3O3. The molecule has 112 valence electrons. The van der Waals surface area contributed by atoms with Gasteiger partial charge in [-0.05, 0) is 38.1 Å². The number of carbonyl (C=O) groups is 1. The SMILES string of the molecule is Cc1nc(CNC(=O)CCOc2ccc(N)cc2)oc1C. The highest BCUT2D eigenvalue weighted by Gasteiger charge is 2.07. The molecule has 0 radical (unpaired) electrons. The molecule has 0 saturated heterocycles. The number of anilines is 1. The Balaban J connectivity index is 1.69. The van der Waals surface area contributed by atoms with Gasteiger partial charge < -0.3 is 20.2 Å². The molecule has 21 heavy (non-hydrogen) atoms. The molecule has 0 unspecified atom stereocenters. The number of rotatable bonds is 6. The molecule has 6 heteroatoms. The number of carbonyl (C=O) groups excluding carboxylic acids is 1. The third kappa shape index (κ3) is 4.52. The Morgan fingerprint density at radius 1 is 1.33 bits per heavy atom. The molecule has 1 amide bonds. The average Bonchev–Trinajstić information content (AvgIpc) is 2.78. The zero-order valence-corrected chi connectivity index (χ0v) is 12.2. The fourth-order valence-electron chi connectivity index (χ4n) is 1.70. The van der Waals surface area contributed by atoms with Gasteiger partial charge in [-0.1, -0.05) is 0 Å². The van der Waals surface area contributed by atoms with Gasteiger partial charge in [-0.15, -0.1) is 0 Å². The number of benzene rings is 1. The first-order valence-electron chi connectivity index (χ1n) is 6.72. The molecule has 2 aromatic rings. The van der Waals surface area contributed by atoms with Crippen LogP contribution >= 0.6 is 0 Å². The summed E-state index contributed by atoms with van der Waals surface area (Å²) in [5.74, 6) is 1.86. The maximum atomic E-state index is 11.7. The lowest BCUT2D eigenvalue weighted by atomic mass is 10.3. The van der Waals surface area contributed by atoms with Crippen LogP contribution < -0.4 is 15.8 Å². The highest BCUT2D eigenvalue weighted by Crippen LogP contribution is 2.13. The monoisotopic (exact) mass is 289 g/mol. The van der Waals surface area contributed by atoms with Crippen molar-refractivity contribution in [1.29, 1.82) is 0 Å². The van der Waals surface area contributed by atoms with Gasteiger partial charge in [0.1, 0.15) is 11.5 Å². The van der Waals surface area contributed by atoms with Gasteiger partial charge in [0.15, 0.2) is 0 Å². The first kappa shape index (κ1) is 14.9. The molecule has 0 aliphatic heterocycles. The number of nitrogen functional groups attached to an aromatic ring is 1. The van der Waals surface area contributed by atoms with Crippen LogP contribution in [0.2, 0.25) is 0 Å². The Morgan fingerprint density at radius 2 is 2.05 bits per heavy atom. The molecule has 0 bridgehead atoms. The topological polar surface area (TPSA) is 90.4 Å². The summed E-state index contributed by atoms with van der Waals surface area (Å²) in [6.07, 6.45) is 0.267. The van der Waals surface area contributed by atoms with Crippen molar-refractivity contribution in [2.24, 2.45) is 0 Å². The van der Waals surface area contributed by atoms with Crippen LogP contribution in [-0.2, 0) is 11.3 Å². The summed E-state index contributed by atoms with van der Waals surface area (Å²) in [7, 11) is 0. The Bertz CT molecular complexity index is 586. The minimum absolute atomic E-state index is 0.112. The summed E-state index contributed by atoms with van der Waals surface area (Å²) < 4.78 is 10.8. The summed E-state index contributed by atoms with van der Waals surface area (Å²) >= 11 is 0. The standard InChI is InChI=1S/C15H19N3O3/c1-10-11(2)21-15(18-10)9-17-14(19)7-8-20-13-5-3-12(16)4-6-13/h3-6H,7-9,16H2,1-2H3,(H,17,19). The molecule has 0 fully saturated rings. The van der Waals surface area contributed by atoms with Gasteiger partial charge in [0.2, 0.25) is 11.8 Å². The third-order valence-electron chi connectivity index (χ3n) is 2.99. The van der Waals surface area contributed by atoms with E-state index in [0.29, 0.717) is 23.9 Å². The maximum Gasteiger partial charge on any atom is 0.223 e. The number of aromatic nitrogens is 1. The van der Waals surface area contributed by atoms with Gasteiger partial charge in [-0.2, -0.15) is 0 Å². The second-order valence-corrected chi connectivity index (χ2v) is 4.69. The second kappa shape index (κ2) is 6.78. The van der Waals surface area contributed by atoms with Crippen molar-refractivity contribution in [3.8, 4) is 5.75 Å². The summed E-state index contributed by atoms with van der Waals surface area (Å²) in [6.45, 7) is 4.30. The largest absolute Gasteiger partial charge is 0.493 e. The first-order valence-corrected chi connectivity index (χ1v) is 6.72. The van der Waals surface area contributed by atoms with Crippen molar-refractivity contribution in [3.05, 3.63) is 41.6 Å². The van der Waals surface area contributed by atoms with Gasteiger partial charge in [0.25, 0.3) is 0 Å². The highest BCUT2D eigenvalue weighted by atomic mass is 16.5. The van der Waals surface area contributed by atoms with Crippen LogP contribution in [0.4, 0.5) is 5.69 Å². The van der Waals surface area contributed by atoms with E-state index in [9.17, 15) is 4.79 Å². The number of oxazole rings is 1. The second-order valence-electron chi connectivity index (χ2n) is 4.69. The number of hydrogen-bond donors (Lipinski definition) is 2. The van der Waals surface area contributed by atoms with Crippen LogP contribution in [0, 0.1) is 13.8 Å². The smallest absolute Gasteiger partial charge is 0.223 e. The van der Waals surface area contributed by atoms with Crippen LogP contribution in [0.5, 0.6) is 5.75 Å². The minimum Gasteiger partial charge on any atom is -0.493 e. The van der Waals surface area contributed by atoms with E-state index < -0.39 is 0 Å². The number of nitrogens with zero attached hydrogens (tertiary/aromatic N) is 1. The van der Waals surface area contributed by atoms with Crippen LogP contribution in [0.15, 0.2) is 28.7 Å². The van der Waals surface area contributed by atoms with E-state index in [1.165, 1.54) is 0 Å². The lowest BCUT2D eigenvalue weighted by Gasteiger charge is -2.06. The Labute approximate surface area is 123 Å². The lowest BCUT2D eigenvalue weighted by Crippen LogP contribution is -2.24. The number of nitrogens with two attached hydrogens (primary N) is 1. The fourth-order valence-corrected chi connectivity index (χ4v) is 1.70. The predicted octanol–water partition coefficient (Wildman–Crippen LogP) is 1.96. The van der Waals surface area contributed by atoms with E-state index in [1.54, 1.807) is 24.3 Å². The lowest BCUT2D eigenvalue weighted by molar-refractivity contribution is -0.121. The fraction of sp³-hybridized carbons (Fsp3) is 0.333. The molecular weight excluding hydrogens is 270 g/mol. The van der Waals surface area contributed by atoms with Gasteiger partial charge in [-0.3, -0.25) is 4.79 Å². The van der Waals surface area contributed by atoms with Crippen molar-refractivity contribution in [2.45, 2.75) is 26.8 Å². The van der Waals surface area contributed by atoms with Crippen LogP contribution in [0.1, 0.15) is 23.8 Å². The van der Waals surface area contributed by atoms with E-state index in [4.69, 9.17) is 14.9 Å². The van der Waals surface area contributed by atoms with E-state index in [1.807, 2.05) is 13.8 Å². The first-order chi connectivity index (χ1) is 10.0. The molecule has 3 N–H and O–H groups in total. The molecule has 1 aromatic carbocycles. The summed E-state index contributed by atoms with van der Waals surface area (Å²) in [6, 6.07) is 7.04. The molecule has 1 heterocycles. The summed E-state index contributed by atoms with van der Waals surface area (Å²) in [5.41, 5.74) is 7.09. The molecule has 0 aliphatic rings. The van der Waals surface area contributed by atoms with Crippen molar-refractivity contribution < 1.29 is 13.9 Å². The quantitative estimate of drug-likeness (QED) is 0.793. The normalized spacial score (nSPS) is 10.4. The highest BCUT2D eigenvalue weighted by molar-refractivity contribution is 5.75. The Morgan fingerprint density at radius 3 is 2.67 bits per heavy atom. The molecule has 2 rings (SSSR count). The van der Waals surface area contributed by atoms with E-state index in [0.717, 1.165) is 11.5 Å². The Hall–Kier alpha value is -2.50. The van der Waals surface area contributed by atoms with Crippen LogP contribution in [0.25, 0.3) is 0 Å². The van der Waals surface area contributed by atoms with E-state index >= 15 is 0 Å².